The zero-order chi connectivity index (χ0) is 15.0. The number of alkyl halides is 1. The summed E-state index contributed by atoms with van der Waals surface area (Å²) in [5.74, 6) is -0.158. The average molecular weight is 357 g/mol. The zero-order valence-corrected chi connectivity index (χ0v) is 13.7. The minimum atomic E-state index is -3.64. The van der Waals surface area contributed by atoms with Crippen molar-refractivity contribution in [3.8, 4) is 0 Å². The van der Waals surface area contributed by atoms with Crippen molar-refractivity contribution in [2.24, 2.45) is 5.16 Å². The second kappa shape index (κ2) is 5.72. The van der Waals surface area contributed by atoms with E-state index in [1.807, 2.05) is 0 Å². The molecule has 1 aliphatic rings. The Morgan fingerprint density at radius 2 is 1.95 bits per heavy atom. The first-order valence-corrected chi connectivity index (χ1v) is 8.68. The molecule has 0 aliphatic carbocycles. The van der Waals surface area contributed by atoms with E-state index < -0.39 is 15.4 Å². The highest BCUT2D eigenvalue weighted by Gasteiger charge is 2.39. The van der Waals surface area contributed by atoms with Crippen molar-refractivity contribution in [3.05, 3.63) is 33.8 Å². The topological polar surface area (TPSA) is 55.7 Å². The molecule has 1 heterocycles. The summed E-state index contributed by atoms with van der Waals surface area (Å²) in [7, 11) is -3.64. The Morgan fingerprint density at radius 1 is 1.35 bits per heavy atom. The summed E-state index contributed by atoms with van der Waals surface area (Å²) < 4.78 is 24.7. The molecule has 1 aromatic rings. The first-order valence-electron chi connectivity index (χ1n) is 5.74. The van der Waals surface area contributed by atoms with Crippen LogP contribution in [0.5, 0.6) is 0 Å². The number of rotatable bonds is 3. The van der Waals surface area contributed by atoms with Crippen LogP contribution in [0, 0.1) is 0 Å². The first kappa shape index (κ1) is 15.9. The molecule has 4 nitrogen and oxygen atoms in total. The lowest BCUT2D eigenvalue weighted by Gasteiger charge is -2.16. The second-order valence-electron chi connectivity index (χ2n) is 4.80. The van der Waals surface area contributed by atoms with Gasteiger partial charge >= 0.3 is 0 Å². The summed E-state index contributed by atoms with van der Waals surface area (Å²) in [6.07, 6.45) is 0.140. The number of hydrogen-bond donors (Lipinski definition) is 0. The Bertz CT molecular complexity index is 640. The molecule has 0 spiro atoms. The molecule has 20 heavy (non-hydrogen) atoms. The van der Waals surface area contributed by atoms with E-state index in [4.69, 9.17) is 39.6 Å². The van der Waals surface area contributed by atoms with Crippen LogP contribution in [0.15, 0.2) is 23.4 Å². The van der Waals surface area contributed by atoms with E-state index in [1.165, 1.54) is 0 Å². The Kier molecular flexibility index (Phi) is 4.54. The summed E-state index contributed by atoms with van der Waals surface area (Å²) >= 11 is 17.7. The lowest BCUT2D eigenvalue weighted by molar-refractivity contribution is 0.0152. The molecule has 0 amide bonds. The minimum Gasteiger partial charge on any atom is -0.387 e. The van der Waals surface area contributed by atoms with Crippen LogP contribution in [0.1, 0.15) is 18.9 Å². The maximum Gasteiger partial charge on any atom is 0.199 e. The molecule has 8 heteroatoms. The van der Waals surface area contributed by atoms with Crippen LogP contribution in [-0.4, -0.2) is 24.9 Å². The molecule has 1 aliphatic heterocycles. The maximum atomic E-state index is 12.3. The number of halogens is 3. The number of nitrogens with zero attached hydrogens (tertiary/aromatic N) is 1. The third-order valence-electron chi connectivity index (χ3n) is 2.93. The predicted octanol–water partition coefficient (Wildman–Crippen LogP) is 3.64. The van der Waals surface area contributed by atoms with Crippen molar-refractivity contribution in [1.29, 1.82) is 0 Å². The van der Waals surface area contributed by atoms with Gasteiger partial charge in [-0.05, 0) is 19.1 Å². The van der Waals surface area contributed by atoms with E-state index in [2.05, 4.69) is 5.16 Å². The largest absolute Gasteiger partial charge is 0.387 e. The molecule has 0 saturated heterocycles. The molecular formula is C12H12Cl3NO3S. The summed E-state index contributed by atoms with van der Waals surface area (Å²) in [4.78, 5) is 5.10. The van der Waals surface area contributed by atoms with E-state index in [1.54, 1.807) is 25.1 Å². The fraction of sp³-hybridized carbons (Fsp3) is 0.417. The number of hydrogen-bond acceptors (Lipinski definition) is 4. The van der Waals surface area contributed by atoms with Crippen molar-refractivity contribution in [3.63, 3.8) is 0 Å². The molecular weight excluding hydrogens is 345 g/mol. The SMILES string of the molecule is CC1(CCl)CC(S(=O)(=O)Cc2c(Cl)cccc2Cl)=NO1. The van der Waals surface area contributed by atoms with Crippen molar-refractivity contribution < 1.29 is 13.3 Å². The molecule has 1 aromatic carbocycles. The molecule has 1 atom stereocenters. The lowest BCUT2D eigenvalue weighted by atomic mass is 10.1. The molecule has 1 unspecified atom stereocenters. The van der Waals surface area contributed by atoms with Crippen LogP contribution < -0.4 is 0 Å². The zero-order valence-electron chi connectivity index (χ0n) is 10.6. The number of benzene rings is 1. The predicted molar refractivity (Wildman–Crippen MR) is 81.3 cm³/mol. The van der Waals surface area contributed by atoms with Crippen molar-refractivity contribution in [2.45, 2.75) is 24.7 Å². The fourth-order valence-electron chi connectivity index (χ4n) is 1.73. The molecule has 0 fully saturated rings. The number of oxime groups is 1. The highest BCUT2D eigenvalue weighted by molar-refractivity contribution is 8.05. The van der Waals surface area contributed by atoms with Gasteiger partial charge in [0.1, 0.15) is 0 Å². The Balaban J connectivity index is 2.26. The molecule has 0 aromatic heterocycles. The Morgan fingerprint density at radius 3 is 2.45 bits per heavy atom. The van der Waals surface area contributed by atoms with Crippen LogP contribution in [0.2, 0.25) is 10.0 Å². The van der Waals surface area contributed by atoms with Crippen molar-refractivity contribution in [1.82, 2.24) is 0 Å². The van der Waals surface area contributed by atoms with Gasteiger partial charge in [0.05, 0.1) is 11.6 Å². The van der Waals surface area contributed by atoms with Gasteiger partial charge in [0, 0.05) is 22.0 Å². The van der Waals surface area contributed by atoms with Gasteiger partial charge in [-0.1, -0.05) is 34.4 Å². The van der Waals surface area contributed by atoms with Crippen molar-refractivity contribution in [2.75, 3.05) is 5.88 Å². The van der Waals surface area contributed by atoms with Crippen LogP contribution in [0.25, 0.3) is 0 Å². The average Bonchev–Trinajstić information content (AvgIpc) is 2.79. The molecule has 110 valence electrons. The van der Waals surface area contributed by atoms with Crippen LogP contribution in [0.3, 0.4) is 0 Å². The smallest absolute Gasteiger partial charge is 0.199 e. The fourth-order valence-corrected chi connectivity index (χ4v) is 4.09. The van der Waals surface area contributed by atoms with Gasteiger partial charge < -0.3 is 4.84 Å². The normalized spacial score (nSPS) is 22.5. The lowest BCUT2D eigenvalue weighted by Crippen LogP contribution is -2.28. The van der Waals surface area contributed by atoms with Crippen LogP contribution in [-0.2, 0) is 20.4 Å². The van der Waals surface area contributed by atoms with Gasteiger partial charge in [-0.15, -0.1) is 11.6 Å². The van der Waals surface area contributed by atoms with Gasteiger partial charge in [0.15, 0.2) is 20.5 Å². The standard InChI is InChI=1S/C12H12Cl3NO3S/c1-12(7-13)5-11(16-19-12)20(17,18)6-8-9(14)3-2-4-10(8)15/h2-4H,5-7H2,1H3. The minimum absolute atomic E-state index is 0.0309. The summed E-state index contributed by atoms with van der Waals surface area (Å²) in [6.45, 7) is 1.70. The van der Waals surface area contributed by atoms with Gasteiger partial charge in [-0.2, -0.15) is 0 Å². The van der Waals surface area contributed by atoms with E-state index in [0.29, 0.717) is 15.6 Å². The monoisotopic (exact) mass is 355 g/mol. The summed E-state index contributed by atoms with van der Waals surface area (Å²) in [6, 6.07) is 4.84. The van der Waals surface area contributed by atoms with Gasteiger partial charge in [0.2, 0.25) is 0 Å². The maximum absolute atomic E-state index is 12.3. The first-order chi connectivity index (χ1) is 9.27. The Hall–Kier alpha value is -0.490. The van der Waals surface area contributed by atoms with E-state index in [-0.39, 0.29) is 23.1 Å². The van der Waals surface area contributed by atoms with Crippen molar-refractivity contribution >= 4 is 49.7 Å². The summed E-state index contributed by atoms with van der Waals surface area (Å²) in [5.41, 5.74) is -0.424. The number of sulfone groups is 1. The quantitative estimate of drug-likeness (QED) is 0.777. The molecule has 0 saturated carbocycles. The van der Waals surface area contributed by atoms with E-state index >= 15 is 0 Å². The van der Waals surface area contributed by atoms with Crippen LogP contribution >= 0.6 is 34.8 Å². The van der Waals surface area contributed by atoms with Crippen LogP contribution in [0.4, 0.5) is 0 Å². The molecule has 2 rings (SSSR count). The van der Waals surface area contributed by atoms with E-state index in [9.17, 15) is 8.42 Å². The molecule has 0 radical (unpaired) electrons. The summed E-state index contributed by atoms with van der Waals surface area (Å²) in [5, 5.41) is 4.23. The second-order valence-corrected chi connectivity index (χ2v) is 7.87. The highest BCUT2D eigenvalue weighted by atomic mass is 35.5. The Labute approximate surface area is 132 Å². The molecule has 0 bridgehead atoms. The van der Waals surface area contributed by atoms with E-state index in [0.717, 1.165) is 0 Å². The third kappa shape index (κ3) is 3.22. The molecule has 0 N–H and O–H groups in total. The highest BCUT2D eigenvalue weighted by Crippen LogP contribution is 2.31. The van der Waals surface area contributed by atoms with Gasteiger partial charge in [-0.3, -0.25) is 0 Å². The van der Waals surface area contributed by atoms with Gasteiger partial charge in [-0.25, -0.2) is 8.42 Å². The third-order valence-corrected chi connectivity index (χ3v) is 5.81. The van der Waals surface area contributed by atoms with Gasteiger partial charge in [0.25, 0.3) is 0 Å².